The Morgan fingerprint density at radius 3 is 2.47 bits per heavy atom. The third-order valence-electron chi connectivity index (χ3n) is 3.35. The first-order valence-electron chi connectivity index (χ1n) is 6.50. The molecule has 1 aromatic heterocycles. The molecule has 0 fully saturated rings. The summed E-state index contributed by atoms with van der Waals surface area (Å²) in [5, 5.41) is 0. The summed E-state index contributed by atoms with van der Waals surface area (Å²) in [5.41, 5.74) is 11.6. The maximum atomic E-state index is 5.81. The van der Waals surface area contributed by atoms with Gasteiger partial charge in [-0.15, -0.1) is 0 Å². The third kappa shape index (κ3) is 2.76. The normalized spacial score (nSPS) is 10.6. The van der Waals surface area contributed by atoms with E-state index in [9.17, 15) is 0 Å². The molecule has 0 amide bonds. The molecule has 0 radical (unpaired) electrons. The van der Waals surface area contributed by atoms with Gasteiger partial charge in [0.2, 0.25) is 0 Å². The molecule has 0 aliphatic rings. The van der Waals surface area contributed by atoms with E-state index in [1.807, 2.05) is 20.0 Å². The number of benzene rings is 1. The summed E-state index contributed by atoms with van der Waals surface area (Å²) in [6.07, 6.45) is 0. The van der Waals surface area contributed by atoms with Crippen molar-refractivity contribution in [3.63, 3.8) is 0 Å². The zero-order chi connectivity index (χ0) is 14.0. The molecule has 0 aliphatic heterocycles. The Kier molecular flexibility index (Phi) is 3.86. The van der Waals surface area contributed by atoms with Crippen LogP contribution in [0.5, 0.6) is 0 Å². The van der Waals surface area contributed by atoms with E-state index in [-0.39, 0.29) is 0 Å². The van der Waals surface area contributed by atoms with Gasteiger partial charge in [0.25, 0.3) is 0 Å². The van der Waals surface area contributed by atoms with E-state index in [0.29, 0.717) is 6.54 Å². The number of rotatable bonds is 3. The largest absolute Gasteiger partial charge is 0.329 e. The zero-order valence-electron chi connectivity index (χ0n) is 12.1. The van der Waals surface area contributed by atoms with Crippen molar-refractivity contribution < 1.29 is 0 Å². The van der Waals surface area contributed by atoms with Crippen molar-refractivity contribution in [3.05, 3.63) is 52.7 Å². The SMILES string of the molecule is Cc1ccc(N(C)c2nc(C)ccc2CN)c(C)c1. The van der Waals surface area contributed by atoms with Gasteiger partial charge < -0.3 is 10.6 Å². The van der Waals surface area contributed by atoms with Gasteiger partial charge in [-0.1, -0.05) is 23.8 Å². The molecule has 0 spiro atoms. The van der Waals surface area contributed by atoms with E-state index < -0.39 is 0 Å². The monoisotopic (exact) mass is 255 g/mol. The van der Waals surface area contributed by atoms with Gasteiger partial charge in [0.15, 0.2) is 0 Å². The number of aromatic nitrogens is 1. The number of anilines is 2. The van der Waals surface area contributed by atoms with Gasteiger partial charge in [-0.2, -0.15) is 0 Å². The molecule has 100 valence electrons. The molecule has 3 nitrogen and oxygen atoms in total. The second-order valence-electron chi connectivity index (χ2n) is 4.99. The van der Waals surface area contributed by atoms with Crippen molar-refractivity contribution in [1.29, 1.82) is 0 Å². The lowest BCUT2D eigenvalue weighted by Crippen LogP contribution is -2.16. The van der Waals surface area contributed by atoms with Crippen molar-refractivity contribution in [1.82, 2.24) is 4.98 Å². The highest BCUT2D eigenvalue weighted by Crippen LogP contribution is 2.28. The summed E-state index contributed by atoms with van der Waals surface area (Å²) in [4.78, 5) is 6.74. The van der Waals surface area contributed by atoms with Gasteiger partial charge in [0.1, 0.15) is 5.82 Å². The summed E-state index contributed by atoms with van der Waals surface area (Å²) in [6.45, 7) is 6.72. The van der Waals surface area contributed by atoms with Crippen LogP contribution in [-0.4, -0.2) is 12.0 Å². The second-order valence-corrected chi connectivity index (χ2v) is 4.99. The van der Waals surface area contributed by atoms with Crippen LogP contribution in [0.25, 0.3) is 0 Å². The average molecular weight is 255 g/mol. The molecular weight excluding hydrogens is 234 g/mol. The van der Waals surface area contributed by atoms with Crippen LogP contribution in [0.15, 0.2) is 30.3 Å². The Morgan fingerprint density at radius 2 is 1.84 bits per heavy atom. The van der Waals surface area contributed by atoms with Crippen LogP contribution in [0.3, 0.4) is 0 Å². The Hall–Kier alpha value is -1.87. The van der Waals surface area contributed by atoms with E-state index in [2.05, 4.69) is 48.0 Å². The van der Waals surface area contributed by atoms with E-state index in [4.69, 9.17) is 5.73 Å². The van der Waals surface area contributed by atoms with Crippen molar-refractivity contribution in [3.8, 4) is 0 Å². The summed E-state index contributed by atoms with van der Waals surface area (Å²) >= 11 is 0. The smallest absolute Gasteiger partial charge is 0.137 e. The number of nitrogens with zero attached hydrogens (tertiary/aromatic N) is 2. The fourth-order valence-corrected chi connectivity index (χ4v) is 2.32. The van der Waals surface area contributed by atoms with Gasteiger partial charge in [-0.05, 0) is 38.5 Å². The lowest BCUT2D eigenvalue weighted by Gasteiger charge is -2.23. The molecule has 0 unspecified atom stereocenters. The number of hydrogen-bond donors (Lipinski definition) is 1. The molecule has 19 heavy (non-hydrogen) atoms. The van der Waals surface area contributed by atoms with Crippen LogP contribution < -0.4 is 10.6 Å². The molecule has 2 rings (SSSR count). The molecule has 3 heteroatoms. The topological polar surface area (TPSA) is 42.2 Å². The first-order chi connectivity index (χ1) is 9.02. The number of pyridine rings is 1. The van der Waals surface area contributed by atoms with Gasteiger partial charge >= 0.3 is 0 Å². The van der Waals surface area contributed by atoms with Crippen LogP contribution >= 0.6 is 0 Å². The highest BCUT2D eigenvalue weighted by molar-refractivity contribution is 5.65. The summed E-state index contributed by atoms with van der Waals surface area (Å²) in [6, 6.07) is 10.5. The molecule has 0 saturated heterocycles. The van der Waals surface area contributed by atoms with E-state index in [0.717, 1.165) is 17.1 Å². The van der Waals surface area contributed by atoms with Crippen molar-refractivity contribution in [2.45, 2.75) is 27.3 Å². The fraction of sp³-hybridized carbons (Fsp3) is 0.312. The lowest BCUT2D eigenvalue weighted by atomic mass is 10.1. The molecule has 0 saturated carbocycles. The Morgan fingerprint density at radius 1 is 1.11 bits per heavy atom. The predicted molar refractivity (Wildman–Crippen MR) is 80.8 cm³/mol. The summed E-state index contributed by atoms with van der Waals surface area (Å²) in [7, 11) is 2.04. The zero-order valence-corrected chi connectivity index (χ0v) is 12.1. The standard InChI is InChI=1S/C16H21N3/c1-11-5-8-15(12(2)9-11)19(4)16-14(10-17)7-6-13(3)18-16/h5-9H,10,17H2,1-4H3. The average Bonchev–Trinajstić information content (AvgIpc) is 2.38. The number of hydrogen-bond acceptors (Lipinski definition) is 3. The Bertz CT molecular complexity index is 591. The highest BCUT2D eigenvalue weighted by atomic mass is 15.2. The van der Waals surface area contributed by atoms with Crippen molar-refractivity contribution in [2.75, 3.05) is 11.9 Å². The van der Waals surface area contributed by atoms with E-state index in [1.165, 1.54) is 16.8 Å². The van der Waals surface area contributed by atoms with Crippen LogP contribution in [0.4, 0.5) is 11.5 Å². The first kappa shape index (κ1) is 13.6. The quantitative estimate of drug-likeness (QED) is 0.915. The molecule has 1 heterocycles. The minimum atomic E-state index is 0.498. The van der Waals surface area contributed by atoms with Crippen LogP contribution in [-0.2, 0) is 6.54 Å². The molecule has 0 bridgehead atoms. The summed E-state index contributed by atoms with van der Waals surface area (Å²) < 4.78 is 0. The molecule has 1 aromatic carbocycles. The predicted octanol–water partition coefficient (Wildman–Crippen LogP) is 3.23. The fourth-order valence-electron chi connectivity index (χ4n) is 2.32. The number of nitrogens with two attached hydrogens (primary N) is 1. The molecule has 2 N–H and O–H groups in total. The van der Waals surface area contributed by atoms with Gasteiger partial charge in [0, 0.05) is 30.5 Å². The van der Waals surface area contributed by atoms with Crippen molar-refractivity contribution in [2.24, 2.45) is 5.73 Å². The van der Waals surface area contributed by atoms with E-state index in [1.54, 1.807) is 0 Å². The third-order valence-corrected chi connectivity index (χ3v) is 3.35. The van der Waals surface area contributed by atoms with Crippen LogP contribution in [0, 0.1) is 20.8 Å². The lowest BCUT2D eigenvalue weighted by molar-refractivity contribution is 0.992. The maximum Gasteiger partial charge on any atom is 0.137 e. The van der Waals surface area contributed by atoms with Crippen molar-refractivity contribution >= 4 is 11.5 Å². The molecular formula is C16H21N3. The minimum Gasteiger partial charge on any atom is -0.329 e. The maximum absolute atomic E-state index is 5.81. The summed E-state index contributed by atoms with van der Waals surface area (Å²) in [5.74, 6) is 0.939. The molecule has 2 aromatic rings. The van der Waals surface area contributed by atoms with E-state index >= 15 is 0 Å². The second kappa shape index (κ2) is 5.41. The van der Waals surface area contributed by atoms with Crippen LogP contribution in [0.2, 0.25) is 0 Å². The highest BCUT2D eigenvalue weighted by Gasteiger charge is 2.12. The minimum absolute atomic E-state index is 0.498. The van der Waals surface area contributed by atoms with Gasteiger partial charge in [0.05, 0.1) is 0 Å². The number of aryl methyl sites for hydroxylation is 3. The first-order valence-corrected chi connectivity index (χ1v) is 6.50. The Balaban J connectivity index is 2.49. The van der Waals surface area contributed by atoms with Gasteiger partial charge in [-0.25, -0.2) is 4.98 Å². The Labute approximate surface area is 115 Å². The van der Waals surface area contributed by atoms with Crippen LogP contribution in [0.1, 0.15) is 22.4 Å². The molecule has 0 aliphatic carbocycles. The molecule has 0 atom stereocenters. The van der Waals surface area contributed by atoms with Gasteiger partial charge in [-0.3, -0.25) is 0 Å².